The molecule has 0 fully saturated rings. The van der Waals surface area contributed by atoms with Gasteiger partial charge in [0.05, 0.1) is 0 Å². The Balaban J connectivity index is 2.69. The van der Waals surface area contributed by atoms with Gasteiger partial charge >= 0.3 is 0 Å². The molecule has 0 aromatic heterocycles. The fourth-order valence-electron chi connectivity index (χ4n) is 1.07. The third-order valence-electron chi connectivity index (χ3n) is 1.88. The summed E-state index contributed by atoms with van der Waals surface area (Å²) in [5, 5.41) is 0. The van der Waals surface area contributed by atoms with Gasteiger partial charge in [0, 0.05) is 0 Å². The van der Waals surface area contributed by atoms with E-state index in [0.29, 0.717) is 12.6 Å². The lowest BCUT2D eigenvalue weighted by Crippen LogP contribution is -2.24. The number of ether oxygens (including phenoxy) is 1. The van der Waals surface area contributed by atoms with Crippen LogP contribution in [0.1, 0.15) is 5.56 Å². The molecule has 0 amide bonds. The summed E-state index contributed by atoms with van der Waals surface area (Å²) in [4.78, 5) is 21.2. The molecule has 0 bridgehead atoms. The van der Waals surface area contributed by atoms with Crippen molar-refractivity contribution in [3.8, 4) is 0 Å². The van der Waals surface area contributed by atoms with E-state index in [1.807, 2.05) is 30.3 Å². The number of carbonyl (C=O) groups is 2. The zero-order valence-corrected chi connectivity index (χ0v) is 8.55. The molecule has 0 aliphatic carbocycles. The molecular formula is C11H12N2O3. The van der Waals surface area contributed by atoms with Crippen LogP contribution in [0.3, 0.4) is 0 Å². The van der Waals surface area contributed by atoms with E-state index < -0.39 is 0 Å². The molecule has 84 valence electrons. The highest BCUT2D eigenvalue weighted by Crippen LogP contribution is 2.05. The number of hydrogen-bond acceptors (Lipinski definition) is 5. The number of nitrogens with two attached hydrogens (primary N) is 1. The van der Waals surface area contributed by atoms with Crippen molar-refractivity contribution < 1.29 is 14.3 Å². The Bertz CT molecular complexity index is 387. The Kier molecular flexibility index (Phi) is 4.75. The number of carbonyl (C=O) groups excluding carboxylic acids is 2. The van der Waals surface area contributed by atoms with Gasteiger partial charge in [-0.15, -0.1) is 0 Å². The highest BCUT2D eigenvalue weighted by atomic mass is 16.5. The van der Waals surface area contributed by atoms with Crippen molar-refractivity contribution in [3.63, 3.8) is 0 Å². The minimum atomic E-state index is -0.110. The van der Waals surface area contributed by atoms with Gasteiger partial charge in [0.1, 0.15) is 12.3 Å². The first-order chi connectivity index (χ1) is 7.81. The SMILES string of the molecule is NN/C(C=O)=C(\C=O)OCc1ccccc1. The van der Waals surface area contributed by atoms with E-state index in [2.05, 4.69) is 5.43 Å². The monoisotopic (exact) mass is 220 g/mol. The van der Waals surface area contributed by atoms with Gasteiger partial charge in [0.2, 0.25) is 0 Å². The number of hydrogen-bond donors (Lipinski definition) is 2. The van der Waals surface area contributed by atoms with E-state index in [4.69, 9.17) is 10.6 Å². The van der Waals surface area contributed by atoms with Crippen LogP contribution in [0, 0.1) is 0 Å². The average molecular weight is 220 g/mol. The summed E-state index contributed by atoms with van der Waals surface area (Å²) in [6.45, 7) is 0.202. The van der Waals surface area contributed by atoms with E-state index in [1.54, 1.807) is 0 Å². The van der Waals surface area contributed by atoms with Gasteiger partial charge in [-0.2, -0.15) is 0 Å². The van der Waals surface area contributed by atoms with Crippen LogP contribution in [-0.4, -0.2) is 12.6 Å². The minimum absolute atomic E-state index is 0.0778. The van der Waals surface area contributed by atoms with E-state index in [-0.39, 0.29) is 18.1 Å². The van der Waals surface area contributed by atoms with E-state index in [9.17, 15) is 9.59 Å². The largest absolute Gasteiger partial charge is 0.483 e. The number of allylic oxidation sites excluding steroid dienone is 2. The standard InChI is InChI=1S/C11H12N2O3/c12-13-10(6-14)11(7-15)16-8-9-4-2-1-3-5-9/h1-7,13H,8,12H2/b11-10+. The second kappa shape index (κ2) is 6.36. The van der Waals surface area contributed by atoms with Crippen LogP contribution in [0.25, 0.3) is 0 Å². The lowest BCUT2D eigenvalue weighted by molar-refractivity contribution is -0.110. The molecule has 16 heavy (non-hydrogen) atoms. The van der Waals surface area contributed by atoms with E-state index >= 15 is 0 Å². The van der Waals surface area contributed by atoms with Crippen LogP contribution in [0.4, 0.5) is 0 Å². The highest BCUT2D eigenvalue weighted by Gasteiger charge is 2.05. The zero-order chi connectivity index (χ0) is 11.8. The molecule has 0 spiro atoms. The molecule has 0 aliphatic rings. The Hall–Kier alpha value is -2.14. The molecule has 0 aliphatic heterocycles. The normalized spacial score (nSPS) is 11.3. The van der Waals surface area contributed by atoms with Gasteiger partial charge < -0.3 is 10.2 Å². The molecule has 1 rings (SSSR count). The molecular weight excluding hydrogens is 208 g/mol. The summed E-state index contributed by atoms with van der Waals surface area (Å²) < 4.78 is 5.16. The minimum Gasteiger partial charge on any atom is -0.483 e. The summed E-state index contributed by atoms with van der Waals surface area (Å²) in [5.41, 5.74) is 2.91. The summed E-state index contributed by atoms with van der Waals surface area (Å²) >= 11 is 0. The third kappa shape index (κ3) is 3.21. The van der Waals surface area contributed by atoms with Gasteiger partial charge in [0.25, 0.3) is 0 Å². The fourth-order valence-corrected chi connectivity index (χ4v) is 1.07. The number of aldehydes is 2. The molecule has 5 nitrogen and oxygen atoms in total. The number of rotatable bonds is 6. The van der Waals surface area contributed by atoms with Crippen molar-refractivity contribution in [1.82, 2.24) is 5.43 Å². The van der Waals surface area contributed by atoms with Crippen LogP contribution in [0.5, 0.6) is 0 Å². The highest BCUT2D eigenvalue weighted by molar-refractivity contribution is 5.84. The van der Waals surface area contributed by atoms with Crippen molar-refractivity contribution in [2.75, 3.05) is 0 Å². The van der Waals surface area contributed by atoms with Crippen molar-refractivity contribution in [3.05, 3.63) is 47.4 Å². The summed E-state index contributed by atoms with van der Waals surface area (Å²) in [7, 11) is 0. The van der Waals surface area contributed by atoms with Crippen LogP contribution in [0.2, 0.25) is 0 Å². The van der Waals surface area contributed by atoms with Crippen LogP contribution >= 0.6 is 0 Å². The predicted molar refractivity (Wildman–Crippen MR) is 57.7 cm³/mol. The fraction of sp³-hybridized carbons (Fsp3) is 0.0909. The number of benzene rings is 1. The van der Waals surface area contributed by atoms with Crippen molar-refractivity contribution in [2.24, 2.45) is 5.84 Å². The van der Waals surface area contributed by atoms with Crippen LogP contribution in [0.15, 0.2) is 41.8 Å². The Morgan fingerprint density at radius 2 is 1.94 bits per heavy atom. The first-order valence-electron chi connectivity index (χ1n) is 4.59. The molecule has 3 N–H and O–H groups in total. The van der Waals surface area contributed by atoms with Crippen LogP contribution < -0.4 is 11.3 Å². The Morgan fingerprint density at radius 1 is 1.25 bits per heavy atom. The van der Waals surface area contributed by atoms with Crippen LogP contribution in [-0.2, 0) is 20.9 Å². The van der Waals surface area contributed by atoms with Crippen molar-refractivity contribution in [1.29, 1.82) is 0 Å². The van der Waals surface area contributed by atoms with Gasteiger partial charge in [-0.05, 0) is 5.56 Å². The maximum absolute atomic E-state index is 10.6. The second-order valence-corrected chi connectivity index (χ2v) is 2.93. The maximum atomic E-state index is 10.6. The Morgan fingerprint density at radius 3 is 2.44 bits per heavy atom. The van der Waals surface area contributed by atoms with E-state index in [0.717, 1.165) is 5.56 Å². The molecule has 0 heterocycles. The molecule has 1 aromatic rings. The molecule has 0 saturated heterocycles. The lowest BCUT2D eigenvalue weighted by atomic mass is 10.2. The van der Waals surface area contributed by atoms with Gasteiger partial charge in [0.15, 0.2) is 18.3 Å². The quantitative estimate of drug-likeness (QED) is 0.236. The number of nitrogens with one attached hydrogen (secondary N) is 1. The average Bonchev–Trinajstić information content (AvgIpc) is 2.35. The molecule has 0 atom stereocenters. The summed E-state index contributed by atoms with van der Waals surface area (Å²) in [5.74, 6) is 4.94. The predicted octanol–water partition coefficient (Wildman–Crippen LogP) is 0.276. The number of hydrazine groups is 1. The molecule has 5 heteroatoms. The molecule has 1 aromatic carbocycles. The maximum Gasteiger partial charge on any atom is 0.187 e. The molecule has 0 unspecified atom stereocenters. The van der Waals surface area contributed by atoms with Gasteiger partial charge in [-0.3, -0.25) is 15.4 Å². The van der Waals surface area contributed by atoms with Gasteiger partial charge in [-0.1, -0.05) is 30.3 Å². The topological polar surface area (TPSA) is 81.4 Å². The first kappa shape index (κ1) is 11.9. The smallest absolute Gasteiger partial charge is 0.187 e. The summed E-state index contributed by atoms with van der Waals surface area (Å²) in [6, 6.07) is 9.27. The summed E-state index contributed by atoms with van der Waals surface area (Å²) in [6.07, 6.45) is 0.862. The third-order valence-corrected chi connectivity index (χ3v) is 1.88. The van der Waals surface area contributed by atoms with E-state index in [1.165, 1.54) is 0 Å². The van der Waals surface area contributed by atoms with Crippen molar-refractivity contribution in [2.45, 2.75) is 6.61 Å². The first-order valence-corrected chi connectivity index (χ1v) is 4.59. The second-order valence-electron chi connectivity index (χ2n) is 2.93. The van der Waals surface area contributed by atoms with Crippen molar-refractivity contribution >= 4 is 12.6 Å². The lowest BCUT2D eigenvalue weighted by Gasteiger charge is -2.07. The zero-order valence-electron chi connectivity index (χ0n) is 8.55. The Labute approximate surface area is 92.9 Å². The molecule has 0 saturated carbocycles. The van der Waals surface area contributed by atoms with Gasteiger partial charge in [-0.25, -0.2) is 0 Å². The molecule has 0 radical (unpaired) electrons.